The molecule has 2 aliphatic heterocycles. The van der Waals surface area contributed by atoms with Crippen molar-refractivity contribution >= 4 is 22.7 Å². The summed E-state index contributed by atoms with van der Waals surface area (Å²) < 4.78 is 0. The van der Waals surface area contributed by atoms with Crippen molar-refractivity contribution in [2.24, 2.45) is 0 Å². The van der Waals surface area contributed by atoms with Crippen LogP contribution >= 0.6 is 0 Å². The molecule has 4 rings (SSSR count). The Morgan fingerprint density at radius 1 is 1.23 bits per heavy atom. The number of nitrogens with zero attached hydrogens (tertiary/aromatic N) is 3. The molecule has 0 spiro atoms. The van der Waals surface area contributed by atoms with Crippen LogP contribution in [0.5, 0.6) is 0 Å². The second-order valence-electron chi connectivity index (χ2n) is 7.78. The molecular formula is C20H26N4O2. The first-order chi connectivity index (χ1) is 12.4. The van der Waals surface area contributed by atoms with Crippen LogP contribution in [0.3, 0.4) is 0 Å². The third-order valence-corrected chi connectivity index (χ3v) is 5.79. The molecule has 0 unspecified atom stereocenters. The van der Waals surface area contributed by atoms with Crippen LogP contribution in [-0.4, -0.2) is 71.8 Å². The molecule has 0 bridgehead atoms. The van der Waals surface area contributed by atoms with Crippen LogP contribution < -0.4 is 0 Å². The minimum Gasteiger partial charge on any atom is -0.356 e. The summed E-state index contributed by atoms with van der Waals surface area (Å²) >= 11 is 0. The van der Waals surface area contributed by atoms with E-state index < -0.39 is 5.54 Å². The Kier molecular flexibility index (Phi) is 4.03. The lowest BCUT2D eigenvalue weighted by Crippen LogP contribution is -2.67. The van der Waals surface area contributed by atoms with Crippen LogP contribution in [-0.2, 0) is 21.5 Å². The number of fused-ring (bicyclic) bond motifs is 5. The van der Waals surface area contributed by atoms with Gasteiger partial charge in [0.25, 0.3) is 5.91 Å². The van der Waals surface area contributed by atoms with Gasteiger partial charge in [0.05, 0.1) is 12.2 Å². The van der Waals surface area contributed by atoms with Gasteiger partial charge in [-0.2, -0.15) is 0 Å². The van der Waals surface area contributed by atoms with Crippen molar-refractivity contribution in [1.29, 1.82) is 0 Å². The minimum atomic E-state index is -0.931. The van der Waals surface area contributed by atoms with Crippen LogP contribution in [0.4, 0.5) is 0 Å². The van der Waals surface area contributed by atoms with E-state index >= 15 is 0 Å². The third kappa shape index (κ3) is 2.43. The molecule has 26 heavy (non-hydrogen) atoms. The zero-order valence-electron chi connectivity index (χ0n) is 15.7. The number of benzene rings is 1. The highest BCUT2D eigenvalue weighted by atomic mass is 16.2. The van der Waals surface area contributed by atoms with Crippen LogP contribution in [0, 0.1) is 0 Å². The molecule has 1 atom stereocenters. The first-order valence-electron chi connectivity index (χ1n) is 9.27. The minimum absolute atomic E-state index is 0.0309. The fourth-order valence-electron chi connectivity index (χ4n) is 4.44. The molecule has 1 aromatic heterocycles. The van der Waals surface area contributed by atoms with Crippen LogP contribution in [0.25, 0.3) is 10.9 Å². The monoisotopic (exact) mass is 354 g/mol. The van der Waals surface area contributed by atoms with Gasteiger partial charge < -0.3 is 19.7 Å². The van der Waals surface area contributed by atoms with Gasteiger partial charge in [0.1, 0.15) is 0 Å². The molecule has 2 aromatic rings. The number of nitrogens with one attached hydrogen (secondary N) is 1. The fraction of sp³-hybridized carbons (Fsp3) is 0.500. The number of piperazine rings is 1. The Hall–Kier alpha value is -2.34. The summed E-state index contributed by atoms with van der Waals surface area (Å²) in [5.41, 5.74) is 2.17. The molecular weight excluding hydrogens is 328 g/mol. The number of aromatic nitrogens is 1. The third-order valence-electron chi connectivity index (χ3n) is 5.79. The second kappa shape index (κ2) is 6.13. The Balaban J connectivity index is 1.73. The summed E-state index contributed by atoms with van der Waals surface area (Å²) in [5.74, 6) is 0.0737. The van der Waals surface area contributed by atoms with Crippen molar-refractivity contribution in [3.05, 3.63) is 35.5 Å². The predicted octanol–water partition coefficient (Wildman–Crippen LogP) is 1.56. The van der Waals surface area contributed by atoms with Gasteiger partial charge in [-0.25, -0.2) is 0 Å². The van der Waals surface area contributed by atoms with E-state index in [0.717, 1.165) is 36.0 Å². The summed E-state index contributed by atoms with van der Waals surface area (Å²) in [7, 11) is 4.04. The molecule has 1 fully saturated rings. The Morgan fingerprint density at radius 2 is 2.00 bits per heavy atom. The maximum Gasteiger partial charge on any atom is 0.254 e. The summed E-state index contributed by atoms with van der Waals surface area (Å²) in [6, 6.07) is 8.14. The van der Waals surface area contributed by atoms with Gasteiger partial charge in [0, 0.05) is 24.0 Å². The molecule has 1 aromatic carbocycles. The predicted molar refractivity (Wildman–Crippen MR) is 101 cm³/mol. The summed E-state index contributed by atoms with van der Waals surface area (Å²) in [6.45, 7) is 4.20. The zero-order valence-corrected chi connectivity index (χ0v) is 15.7. The van der Waals surface area contributed by atoms with Crippen molar-refractivity contribution in [3.8, 4) is 0 Å². The molecule has 2 aliphatic rings. The number of hydrogen-bond acceptors (Lipinski definition) is 3. The van der Waals surface area contributed by atoms with Crippen LogP contribution in [0.2, 0.25) is 0 Å². The summed E-state index contributed by atoms with van der Waals surface area (Å²) in [5, 5.41) is 1.16. The Morgan fingerprint density at radius 3 is 2.77 bits per heavy atom. The number of amides is 2. The molecule has 3 heterocycles. The average molecular weight is 354 g/mol. The van der Waals surface area contributed by atoms with Gasteiger partial charge in [0.15, 0.2) is 5.54 Å². The number of aromatic amines is 1. The summed E-state index contributed by atoms with van der Waals surface area (Å²) in [6.07, 6.45) is 1.65. The van der Waals surface area contributed by atoms with Gasteiger partial charge in [-0.05, 0) is 52.0 Å². The van der Waals surface area contributed by atoms with Gasteiger partial charge in [-0.3, -0.25) is 9.59 Å². The normalized spacial score (nSPS) is 22.9. The van der Waals surface area contributed by atoms with E-state index in [0.29, 0.717) is 13.1 Å². The molecule has 0 aliphatic carbocycles. The number of hydrogen-bond donors (Lipinski definition) is 1. The van der Waals surface area contributed by atoms with E-state index in [4.69, 9.17) is 0 Å². The highest BCUT2D eigenvalue weighted by molar-refractivity contribution is 6.00. The lowest BCUT2D eigenvalue weighted by atomic mass is 9.83. The lowest BCUT2D eigenvalue weighted by molar-refractivity contribution is -0.166. The van der Waals surface area contributed by atoms with Gasteiger partial charge >= 0.3 is 0 Å². The van der Waals surface area contributed by atoms with Crippen LogP contribution in [0.15, 0.2) is 24.3 Å². The number of rotatable bonds is 4. The largest absolute Gasteiger partial charge is 0.356 e. The highest BCUT2D eigenvalue weighted by Crippen LogP contribution is 2.41. The van der Waals surface area contributed by atoms with E-state index in [9.17, 15) is 9.59 Å². The molecule has 1 saturated heterocycles. The standard InChI is InChI=1S/C20H26N4O2/c1-20-18-15(14-7-4-5-8-16(14)21-18)9-12-24(20)17(25)13-23(19(20)26)11-6-10-22(2)3/h4-5,7-8,21H,6,9-13H2,1-3H3/t20-/m1/s1. The highest BCUT2D eigenvalue weighted by Gasteiger charge is 2.53. The molecule has 2 amide bonds. The van der Waals surface area contributed by atoms with Gasteiger partial charge in [-0.15, -0.1) is 0 Å². The maximum atomic E-state index is 13.4. The van der Waals surface area contributed by atoms with E-state index in [1.807, 2.05) is 39.2 Å². The van der Waals surface area contributed by atoms with E-state index in [1.165, 1.54) is 5.56 Å². The smallest absolute Gasteiger partial charge is 0.254 e. The quantitative estimate of drug-likeness (QED) is 0.907. The van der Waals surface area contributed by atoms with Crippen molar-refractivity contribution in [2.45, 2.75) is 25.3 Å². The van der Waals surface area contributed by atoms with Crippen molar-refractivity contribution < 1.29 is 9.59 Å². The van der Waals surface area contributed by atoms with Crippen molar-refractivity contribution in [3.63, 3.8) is 0 Å². The SMILES string of the molecule is CN(C)CCCN1CC(=O)N2CCc3c([nH]c4ccccc34)[C@]2(C)C1=O. The summed E-state index contributed by atoms with van der Waals surface area (Å²) in [4.78, 5) is 35.3. The van der Waals surface area contributed by atoms with E-state index in [2.05, 4.69) is 16.0 Å². The van der Waals surface area contributed by atoms with E-state index in [1.54, 1.807) is 9.80 Å². The molecule has 0 radical (unpaired) electrons. The lowest BCUT2D eigenvalue weighted by Gasteiger charge is -2.49. The van der Waals surface area contributed by atoms with Gasteiger partial charge in [0.2, 0.25) is 5.91 Å². The molecule has 6 heteroatoms. The number of carbonyl (C=O) groups excluding carboxylic acids is 2. The maximum absolute atomic E-state index is 13.4. The van der Waals surface area contributed by atoms with Crippen LogP contribution in [0.1, 0.15) is 24.6 Å². The van der Waals surface area contributed by atoms with E-state index in [-0.39, 0.29) is 18.4 Å². The number of H-pyrrole nitrogens is 1. The molecule has 138 valence electrons. The number of carbonyl (C=O) groups is 2. The average Bonchev–Trinajstić information content (AvgIpc) is 2.99. The topological polar surface area (TPSA) is 59.6 Å². The Labute approximate surface area is 153 Å². The van der Waals surface area contributed by atoms with Crippen molar-refractivity contribution in [2.75, 3.05) is 40.3 Å². The van der Waals surface area contributed by atoms with Crippen molar-refractivity contribution in [1.82, 2.24) is 19.7 Å². The molecule has 6 nitrogen and oxygen atoms in total. The first-order valence-corrected chi connectivity index (χ1v) is 9.27. The number of para-hydroxylation sites is 1. The zero-order chi connectivity index (χ0) is 18.5. The second-order valence-corrected chi connectivity index (χ2v) is 7.78. The Bertz CT molecular complexity index is 872. The molecule has 0 saturated carbocycles. The first kappa shape index (κ1) is 17.1. The van der Waals surface area contributed by atoms with Gasteiger partial charge in [-0.1, -0.05) is 18.2 Å². The molecule has 1 N–H and O–H groups in total. The fourth-order valence-corrected chi connectivity index (χ4v) is 4.44.